The van der Waals surface area contributed by atoms with E-state index in [1.165, 1.54) is 127 Å². The summed E-state index contributed by atoms with van der Waals surface area (Å²) in [5, 5.41) is 2.61. The normalized spacial score (nSPS) is 17.8. The molecule has 0 atom stereocenters. The zero-order valence-corrected chi connectivity index (χ0v) is 36.5. The Bertz CT molecular complexity index is 3300. The van der Waals surface area contributed by atoms with Crippen LogP contribution in [0.4, 0.5) is 17.1 Å². The molecule has 1 aliphatic heterocycles. The van der Waals surface area contributed by atoms with Gasteiger partial charge in [-0.1, -0.05) is 164 Å². The van der Waals surface area contributed by atoms with Gasteiger partial charge in [-0.2, -0.15) is 0 Å². The number of rotatable bonds is 1. The number of fused-ring (bicyclic) bond motifs is 16. The lowest BCUT2D eigenvalue weighted by atomic mass is 9.79. The molecule has 0 spiro atoms. The van der Waals surface area contributed by atoms with Gasteiger partial charge in [0.25, 0.3) is 0 Å². The average molecular weight is 790 g/mol. The molecule has 4 aliphatic carbocycles. The van der Waals surface area contributed by atoms with Crippen LogP contribution in [0, 0.1) is 0 Å². The lowest BCUT2D eigenvalue weighted by Crippen LogP contribution is -2.21. The number of hydrogen-bond acceptors (Lipinski definition) is 2. The van der Waals surface area contributed by atoms with Crippen LogP contribution in [0.15, 0.2) is 149 Å². The van der Waals surface area contributed by atoms with Crippen molar-refractivity contribution < 1.29 is 0 Å². The standard InChI is InChI=1S/C58H47NS/c1-55(2)41-22-14-11-17-32(41)37-25-45-40(26-44(37)55)54-36-21-10-9-20-35(36)49(30-48(54)58(45,7)8)59-50-27-38-33-18-12-15-23-42(33)57(5,6)47(38)31-53(50)60-52-28-39-34-19-13-16-24-43(34)56(3,4)46(39)29-51(52)59/h9-31H,1-8H3. The van der Waals surface area contributed by atoms with E-state index in [1.54, 1.807) is 0 Å². The average Bonchev–Trinajstić information content (AvgIpc) is 3.80. The van der Waals surface area contributed by atoms with Crippen LogP contribution in [-0.4, -0.2) is 0 Å². The number of hydrogen-bond donors (Lipinski definition) is 0. The second-order valence-electron chi connectivity index (χ2n) is 20.1. The van der Waals surface area contributed by atoms with Crippen molar-refractivity contribution in [1.82, 2.24) is 0 Å². The molecule has 1 nitrogen and oxygen atoms in total. The first-order valence-electron chi connectivity index (χ1n) is 21.7. The Morgan fingerprint density at radius 1 is 0.317 bits per heavy atom. The molecule has 0 saturated carbocycles. The lowest BCUT2D eigenvalue weighted by Gasteiger charge is -2.37. The fraction of sp³-hybridized carbons (Fsp3) is 0.207. The van der Waals surface area contributed by atoms with Crippen LogP contribution in [0.3, 0.4) is 0 Å². The van der Waals surface area contributed by atoms with Crippen molar-refractivity contribution in [2.45, 2.75) is 86.8 Å². The molecular weight excluding hydrogens is 743 g/mol. The van der Waals surface area contributed by atoms with Crippen molar-refractivity contribution in [3.63, 3.8) is 0 Å². The van der Waals surface area contributed by atoms with Gasteiger partial charge in [-0.05, 0) is 137 Å². The van der Waals surface area contributed by atoms with Gasteiger partial charge in [0.1, 0.15) is 0 Å². The predicted molar refractivity (Wildman–Crippen MR) is 253 cm³/mol. The molecule has 8 aromatic carbocycles. The lowest BCUT2D eigenvalue weighted by molar-refractivity contribution is 0.652. The third kappa shape index (κ3) is 4.12. The summed E-state index contributed by atoms with van der Waals surface area (Å²) in [5.41, 5.74) is 25.7. The molecule has 0 N–H and O–H groups in total. The summed E-state index contributed by atoms with van der Waals surface area (Å²) in [6.07, 6.45) is 0. The second kappa shape index (κ2) is 11.1. The van der Waals surface area contributed by atoms with Gasteiger partial charge in [0, 0.05) is 36.8 Å². The summed E-state index contributed by atoms with van der Waals surface area (Å²) in [4.78, 5) is 5.29. The van der Waals surface area contributed by atoms with Crippen LogP contribution in [0.5, 0.6) is 0 Å². The van der Waals surface area contributed by atoms with E-state index in [9.17, 15) is 0 Å². The van der Waals surface area contributed by atoms with Crippen molar-refractivity contribution in [3.8, 4) is 44.5 Å². The van der Waals surface area contributed by atoms with Gasteiger partial charge in [0.2, 0.25) is 0 Å². The predicted octanol–water partition coefficient (Wildman–Crippen LogP) is 16.0. The topological polar surface area (TPSA) is 3.24 Å². The van der Waals surface area contributed by atoms with Crippen molar-refractivity contribution in [3.05, 3.63) is 184 Å². The monoisotopic (exact) mass is 789 g/mol. The number of nitrogens with zero attached hydrogens (tertiary/aromatic N) is 1. The van der Waals surface area contributed by atoms with E-state index in [-0.39, 0.29) is 21.7 Å². The van der Waals surface area contributed by atoms with Crippen molar-refractivity contribution in [1.29, 1.82) is 0 Å². The van der Waals surface area contributed by atoms with E-state index in [0.29, 0.717) is 0 Å². The Kier molecular flexibility index (Phi) is 6.47. The van der Waals surface area contributed by atoms with Gasteiger partial charge in [-0.25, -0.2) is 0 Å². The molecular formula is C58H47NS. The van der Waals surface area contributed by atoms with Crippen molar-refractivity contribution in [2.75, 3.05) is 4.90 Å². The molecule has 0 aromatic heterocycles. The minimum absolute atomic E-state index is 0.0658. The highest BCUT2D eigenvalue weighted by atomic mass is 32.2. The van der Waals surface area contributed by atoms with Crippen LogP contribution in [0.2, 0.25) is 0 Å². The summed E-state index contributed by atoms with van der Waals surface area (Å²) in [6, 6.07) is 54.3. The van der Waals surface area contributed by atoms with Gasteiger partial charge < -0.3 is 4.90 Å². The first-order chi connectivity index (χ1) is 28.8. The van der Waals surface area contributed by atoms with E-state index < -0.39 is 0 Å². The smallest absolute Gasteiger partial charge is 0.0608 e. The summed E-state index contributed by atoms with van der Waals surface area (Å²) in [5.74, 6) is 0. The maximum Gasteiger partial charge on any atom is 0.0608 e. The molecule has 0 saturated heterocycles. The Hall–Kier alpha value is -5.83. The zero-order chi connectivity index (χ0) is 40.8. The summed E-state index contributed by atoms with van der Waals surface area (Å²) in [7, 11) is 0. The largest absolute Gasteiger partial charge is 0.308 e. The summed E-state index contributed by atoms with van der Waals surface area (Å²) < 4.78 is 0. The van der Waals surface area contributed by atoms with E-state index in [4.69, 9.17) is 0 Å². The molecule has 60 heavy (non-hydrogen) atoms. The molecule has 0 unspecified atom stereocenters. The van der Waals surface area contributed by atoms with Crippen LogP contribution >= 0.6 is 11.8 Å². The van der Waals surface area contributed by atoms with Gasteiger partial charge in [0.05, 0.1) is 17.1 Å². The molecule has 5 aliphatic rings. The fourth-order valence-electron chi connectivity index (χ4n) is 12.4. The summed E-state index contributed by atoms with van der Waals surface area (Å²) >= 11 is 1.95. The van der Waals surface area contributed by atoms with Crippen LogP contribution in [0.25, 0.3) is 55.3 Å². The first kappa shape index (κ1) is 35.0. The zero-order valence-electron chi connectivity index (χ0n) is 35.6. The molecule has 13 rings (SSSR count). The van der Waals surface area contributed by atoms with E-state index >= 15 is 0 Å². The molecule has 1 heterocycles. The van der Waals surface area contributed by atoms with E-state index in [2.05, 4.69) is 200 Å². The Labute approximate surface area is 358 Å². The maximum absolute atomic E-state index is 2.66. The van der Waals surface area contributed by atoms with Gasteiger partial charge in [0.15, 0.2) is 0 Å². The van der Waals surface area contributed by atoms with Crippen LogP contribution < -0.4 is 4.90 Å². The minimum atomic E-state index is -0.210. The highest BCUT2D eigenvalue weighted by Crippen LogP contribution is 2.63. The molecule has 0 radical (unpaired) electrons. The third-order valence-corrected chi connectivity index (χ3v) is 16.7. The highest BCUT2D eigenvalue weighted by molar-refractivity contribution is 7.99. The molecule has 290 valence electrons. The molecule has 2 heteroatoms. The van der Waals surface area contributed by atoms with Crippen LogP contribution in [0.1, 0.15) is 99.9 Å². The number of anilines is 3. The van der Waals surface area contributed by atoms with Crippen molar-refractivity contribution in [2.24, 2.45) is 0 Å². The Morgan fingerprint density at radius 2 is 0.717 bits per heavy atom. The van der Waals surface area contributed by atoms with E-state index in [1.807, 2.05) is 11.8 Å². The number of benzene rings is 8. The highest BCUT2D eigenvalue weighted by Gasteiger charge is 2.45. The SMILES string of the molecule is CC1(C)c2ccccc2-c2cc3c(cc21)Sc1cc2c(cc1N3c1cc3c(c4ccccc14)-c1cc4c(cc1C3(C)C)-c1ccccc1C4(C)C)C(C)(C)c1ccccc1-2. The molecule has 8 aromatic rings. The van der Waals surface area contributed by atoms with E-state index in [0.717, 1.165) is 0 Å². The van der Waals surface area contributed by atoms with Gasteiger partial charge in [-0.15, -0.1) is 0 Å². The fourth-order valence-corrected chi connectivity index (χ4v) is 13.5. The van der Waals surface area contributed by atoms with Crippen molar-refractivity contribution >= 4 is 39.6 Å². The molecule has 0 fully saturated rings. The minimum Gasteiger partial charge on any atom is -0.308 e. The summed E-state index contributed by atoms with van der Waals surface area (Å²) in [6.45, 7) is 19.3. The van der Waals surface area contributed by atoms with Crippen LogP contribution in [-0.2, 0) is 21.7 Å². The quantitative estimate of drug-likeness (QED) is 0.163. The van der Waals surface area contributed by atoms with Gasteiger partial charge in [-0.3, -0.25) is 0 Å². The Morgan fingerprint density at radius 3 is 1.33 bits per heavy atom. The Balaban J connectivity index is 1.10. The first-order valence-corrected chi connectivity index (χ1v) is 22.5. The maximum atomic E-state index is 2.66. The molecule has 0 bridgehead atoms. The third-order valence-electron chi connectivity index (χ3n) is 15.6. The second-order valence-corrected chi connectivity index (χ2v) is 21.2. The molecule has 0 amide bonds. The van der Waals surface area contributed by atoms with Gasteiger partial charge >= 0.3 is 0 Å².